The van der Waals surface area contributed by atoms with Crippen LogP contribution in [0.2, 0.25) is 5.02 Å². The molecule has 21 heavy (non-hydrogen) atoms. The molecule has 1 aromatic rings. The van der Waals surface area contributed by atoms with Crippen molar-refractivity contribution in [3.05, 3.63) is 28.8 Å². The minimum absolute atomic E-state index is 0.472. The van der Waals surface area contributed by atoms with E-state index in [1.807, 2.05) is 6.07 Å². The molecule has 0 spiro atoms. The van der Waals surface area contributed by atoms with E-state index in [9.17, 15) is 0 Å². The molecule has 2 rings (SSSR count). The zero-order valence-electron chi connectivity index (χ0n) is 13.4. The third-order valence-corrected chi connectivity index (χ3v) is 4.24. The average molecular weight is 311 g/mol. The van der Waals surface area contributed by atoms with Crippen molar-refractivity contribution < 1.29 is 4.74 Å². The number of methoxy groups -OCH3 is 1. The normalized spacial score (nSPS) is 19.3. The number of benzene rings is 1. The predicted molar refractivity (Wildman–Crippen MR) is 90.2 cm³/mol. The maximum atomic E-state index is 6.18. The zero-order chi connectivity index (χ0) is 15.2. The van der Waals surface area contributed by atoms with Crippen molar-refractivity contribution in [3.63, 3.8) is 0 Å². The van der Waals surface area contributed by atoms with Crippen molar-refractivity contribution in [3.8, 4) is 0 Å². The van der Waals surface area contributed by atoms with Gasteiger partial charge in [-0.2, -0.15) is 0 Å². The number of nitrogens with zero attached hydrogens (tertiary/aromatic N) is 1. The van der Waals surface area contributed by atoms with Crippen molar-refractivity contribution >= 4 is 17.3 Å². The van der Waals surface area contributed by atoms with E-state index in [1.165, 1.54) is 24.1 Å². The Labute approximate surface area is 133 Å². The standard InChI is InChI=1S/C17H27ClN2O/c1-13(2)19-10-15-9-16(18)6-7-17(15)20-8-4-5-14(11-20)12-21-3/h6-7,9,13-14,19H,4-5,8,10-12H2,1-3H3. The fraction of sp³-hybridized carbons (Fsp3) is 0.647. The third-order valence-electron chi connectivity index (χ3n) is 4.00. The van der Waals surface area contributed by atoms with E-state index >= 15 is 0 Å². The van der Waals surface area contributed by atoms with Gasteiger partial charge in [-0.15, -0.1) is 0 Å². The second kappa shape index (κ2) is 8.02. The van der Waals surface area contributed by atoms with Crippen molar-refractivity contribution in [1.29, 1.82) is 0 Å². The lowest BCUT2D eigenvalue weighted by atomic mass is 9.97. The molecule has 4 heteroatoms. The number of hydrogen-bond donors (Lipinski definition) is 1. The average Bonchev–Trinajstić information content (AvgIpc) is 2.46. The van der Waals surface area contributed by atoms with Crippen LogP contribution in [0.3, 0.4) is 0 Å². The number of halogens is 1. The molecule has 1 atom stereocenters. The second-order valence-electron chi connectivity index (χ2n) is 6.22. The highest BCUT2D eigenvalue weighted by Gasteiger charge is 2.21. The van der Waals surface area contributed by atoms with Crippen LogP contribution in [0.15, 0.2) is 18.2 Å². The molecule has 1 heterocycles. The lowest BCUT2D eigenvalue weighted by Gasteiger charge is -2.35. The van der Waals surface area contributed by atoms with E-state index < -0.39 is 0 Å². The fourth-order valence-corrected chi connectivity index (χ4v) is 3.17. The van der Waals surface area contributed by atoms with Crippen LogP contribution in [0.25, 0.3) is 0 Å². The summed E-state index contributed by atoms with van der Waals surface area (Å²) in [7, 11) is 1.79. The monoisotopic (exact) mass is 310 g/mol. The largest absolute Gasteiger partial charge is 0.384 e. The van der Waals surface area contributed by atoms with Crippen molar-refractivity contribution in [2.45, 2.75) is 39.3 Å². The molecule has 0 radical (unpaired) electrons. The molecule has 1 fully saturated rings. The smallest absolute Gasteiger partial charge is 0.0507 e. The Morgan fingerprint density at radius 2 is 2.24 bits per heavy atom. The van der Waals surface area contributed by atoms with Gasteiger partial charge in [0.2, 0.25) is 0 Å². The summed E-state index contributed by atoms with van der Waals surface area (Å²) in [5.74, 6) is 0.630. The molecule has 1 aliphatic rings. The van der Waals surface area contributed by atoms with E-state index in [1.54, 1.807) is 7.11 Å². The Bertz CT molecular complexity index is 448. The molecule has 0 amide bonds. The van der Waals surface area contributed by atoms with Crippen LogP contribution in [-0.4, -0.2) is 32.8 Å². The lowest BCUT2D eigenvalue weighted by molar-refractivity contribution is 0.143. The summed E-state index contributed by atoms with van der Waals surface area (Å²) in [6.45, 7) is 8.24. The van der Waals surface area contributed by atoms with Gasteiger partial charge in [-0.3, -0.25) is 0 Å². The van der Waals surface area contributed by atoms with Crippen LogP contribution in [0.4, 0.5) is 5.69 Å². The van der Waals surface area contributed by atoms with Crippen molar-refractivity contribution in [1.82, 2.24) is 5.32 Å². The van der Waals surface area contributed by atoms with Crippen LogP contribution in [0, 0.1) is 5.92 Å². The van der Waals surface area contributed by atoms with Gasteiger partial charge in [0.05, 0.1) is 6.61 Å². The first kappa shape index (κ1) is 16.6. The van der Waals surface area contributed by atoms with E-state index in [2.05, 4.69) is 36.2 Å². The van der Waals surface area contributed by atoms with Crippen molar-refractivity contribution in [2.24, 2.45) is 5.92 Å². The van der Waals surface area contributed by atoms with Gasteiger partial charge in [-0.25, -0.2) is 0 Å². The van der Waals surface area contributed by atoms with E-state index in [0.717, 1.165) is 31.3 Å². The Morgan fingerprint density at radius 3 is 2.95 bits per heavy atom. The predicted octanol–water partition coefficient (Wildman–Crippen LogP) is 3.70. The molecule has 1 aliphatic heterocycles. The maximum absolute atomic E-state index is 6.18. The number of anilines is 1. The van der Waals surface area contributed by atoms with Crippen LogP contribution in [-0.2, 0) is 11.3 Å². The van der Waals surface area contributed by atoms with Gasteiger partial charge in [-0.05, 0) is 42.5 Å². The lowest BCUT2D eigenvalue weighted by Crippen LogP contribution is -2.38. The van der Waals surface area contributed by atoms with Crippen LogP contribution in [0.1, 0.15) is 32.3 Å². The molecule has 0 aromatic heterocycles. The first-order valence-corrected chi connectivity index (χ1v) is 8.23. The summed E-state index contributed by atoms with van der Waals surface area (Å²) in [6, 6.07) is 6.72. The Hall–Kier alpha value is -0.770. The molecule has 0 aliphatic carbocycles. The first-order valence-electron chi connectivity index (χ1n) is 7.86. The summed E-state index contributed by atoms with van der Waals surface area (Å²) in [5, 5.41) is 4.30. The molecule has 0 bridgehead atoms. The molecular weight excluding hydrogens is 284 g/mol. The van der Waals surface area contributed by atoms with Gasteiger partial charge >= 0.3 is 0 Å². The number of rotatable bonds is 6. The van der Waals surface area contributed by atoms with Crippen LogP contribution >= 0.6 is 11.6 Å². The minimum Gasteiger partial charge on any atom is -0.384 e. The third kappa shape index (κ3) is 4.87. The van der Waals surface area contributed by atoms with Gasteiger partial charge in [0.25, 0.3) is 0 Å². The molecule has 3 nitrogen and oxygen atoms in total. The summed E-state index contributed by atoms with van der Waals surface area (Å²) >= 11 is 6.18. The van der Waals surface area contributed by atoms with E-state index in [-0.39, 0.29) is 0 Å². The molecular formula is C17H27ClN2O. The summed E-state index contributed by atoms with van der Waals surface area (Å²) in [5.41, 5.74) is 2.60. The van der Waals surface area contributed by atoms with Crippen LogP contribution in [0.5, 0.6) is 0 Å². The van der Waals surface area contributed by atoms with E-state index in [0.29, 0.717) is 12.0 Å². The number of hydrogen-bond acceptors (Lipinski definition) is 3. The Morgan fingerprint density at radius 1 is 1.43 bits per heavy atom. The molecule has 1 unspecified atom stereocenters. The molecule has 1 aromatic carbocycles. The first-order chi connectivity index (χ1) is 10.1. The number of piperidine rings is 1. The van der Waals surface area contributed by atoms with Gasteiger partial charge in [0.1, 0.15) is 0 Å². The number of ether oxygens (including phenoxy) is 1. The molecule has 1 saturated heterocycles. The number of nitrogens with one attached hydrogen (secondary N) is 1. The maximum Gasteiger partial charge on any atom is 0.0507 e. The summed E-state index contributed by atoms with van der Waals surface area (Å²) < 4.78 is 5.33. The Balaban J connectivity index is 2.13. The van der Waals surface area contributed by atoms with Gasteiger partial charge in [-0.1, -0.05) is 25.4 Å². The highest BCUT2D eigenvalue weighted by molar-refractivity contribution is 6.30. The Kier molecular flexibility index (Phi) is 6.34. The highest BCUT2D eigenvalue weighted by Crippen LogP contribution is 2.29. The molecule has 1 N–H and O–H groups in total. The SMILES string of the molecule is COCC1CCCN(c2ccc(Cl)cc2CNC(C)C)C1. The summed E-state index contributed by atoms with van der Waals surface area (Å²) in [6.07, 6.45) is 2.49. The van der Waals surface area contributed by atoms with Gasteiger partial charge in [0, 0.05) is 43.5 Å². The quantitative estimate of drug-likeness (QED) is 0.867. The van der Waals surface area contributed by atoms with E-state index in [4.69, 9.17) is 16.3 Å². The topological polar surface area (TPSA) is 24.5 Å². The van der Waals surface area contributed by atoms with Crippen molar-refractivity contribution in [2.75, 3.05) is 31.7 Å². The zero-order valence-corrected chi connectivity index (χ0v) is 14.1. The summed E-state index contributed by atoms with van der Waals surface area (Å²) in [4.78, 5) is 2.49. The molecule has 0 saturated carbocycles. The minimum atomic E-state index is 0.472. The van der Waals surface area contributed by atoms with Gasteiger partial charge in [0.15, 0.2) is 0 Å². The van der Waals surface area contributed by atoms with Crippen LogP contribution < -0.4 is 10.2 Å². The fourth-order valence-electron chi connectivity index (χ4n) is 2.97. The van der Waals surface area contributed by atoms with Gasteiger partial charge < -0.3 is 15.0 Å². The molecule has 118 valence electrons. The second-order valence-corrected chi connectivity index (χ2v) is 6.65. The highest BCUT2D eigenvalue weighted by atomic mass is 35.5.